The molecule has 2 aliphatic carbocycles. The van der Waals surface area contributed by atoms with Crippen LogP contribution in [0.3, 0.4) is 0 Å². The third-order valence-electron chi connectivity index (χ3n) is 4.13. The Morgan fingerprint density at radius 2 is 1.93 bits per heavy atom. The van der Waals surface area contributed by atoms with Crippen LogP contribution in [0.5, 0.6) is 0 Å². The van der Waals surface area contributed by atoms with Crippen molar-refractivity contribution in [3.8, 4) is 0 Å². The van der Waals surface area contributed by atoms with Gasteiger partial charge in [0.05, 0.1) is 0 Å². The first-order chi connectivity index (χ1) is 6.79. The van der Waals surface area contributed by atoms with Gasteiger partial charge in [-0.25, -0.2) is 0 Å². The minimum Gasteiger partial charge on any atom is -0.313 e. The highest BCUT2D eigenvalue weighted by molar-refractivity contribution is 4.85. The molecule has 2 fully saturated rings. The lowest BCUT2D eigenvalue weighted by Gasteiger charge is -2.35. The van der Waals surface area contributed by atoms with E-state index in [1.54, 1.807) is 0 Å². The molecule has 0 aromatic carbocycles. The predicted octanol–water partition coefficient (Wildman–Crippen LogP) is 3.20. The molecule has 0 spiro atoms. The van der Waals surface area contributed by atoms with Crippen LogP contribution in [-0.4, -0.2) is 12.6 Å². The molecule has 0 saturated heterocycles. The van der Waals surface area contributed by atoms with Gasteiger partial charge in [-0.15, -0.1) is 0 Å². The van der Waals surface area contributed by atoms with Gasteiger partial charge >= 0.3 is 0 Å². The summed E-state index contributed by atoms with van der Waals surface area (Å²) in [5.74, 6) is 2.96. The maximum absolute atomic E-state index is 3.81. The van der Waals surface area contributed by atoms with E-state index in [-0.39, 0.29) is 0 Å². The lowest BCUT2D eigenvalue weighted by Crippen LogP contribution is -2.40. The summed E-state index contributed by atoms with van der Waals surface area (Å²) in [6.07, 6.45) is 8.65. The van der Waals surface area contributed by atoms with Crippen LogP contribution >= 0.6 is 0 Å². The number of nitrogens with one attached hydrogen (secondary N) is 1. The van der Waals surface area contributed by atoms with E-state index < -0.39 is 0 Å². The van der Waals surface area contributed by atoms with Gasteiger partial charge in [0.25, 0.3) is 0 Å². The SMILES string of the molecule is CCC1CC(C)CCC1NCC1CC1. The van der Waals surface area contributed by atoms with Crippen molar-refractivity contribution >= 4 is 0 Å². The van der Waals surface area contributed by atoms with E-state index >= 15 is 0 Å². The average Bonchev–Trinajstić information content (AvgIpc) is 2.99. The fourth-order valence-corrected chi connectivity index (χ4v) is 2.86. The van der Waals surface area contributed by atoms with Crippen LogP contribution < -0.4 is 5.32 Å². The van der Waals surface area contributed by atoms with Crippen molar-refractivity contribution in [3.05, 3.63) is 0 Å². The highest BCUT2D eigenvalue weighted by Crippen LogP contribution is 2.33. The Labute approximate surface area is 88.7 Å². The zero-order valence-electron chi connectivity index (χ0n) is 9.76. The molecule has 0 heterocycles. The van der Waals surface area contributed by atoms with Crippen molar-refractivity contribution in [1.82, 2.24) is 5.32 Å². The molecular weight excluding hydrogens is 170 g/mol. The first-order valence-electron chi connectivity index (χ1n) is 6.53. The summed E-state index contributed by atoms with van der Waals surface area (Å²) in [5, 5.41) is 3.81. The Morgan fingerprint density at radius 1 is 1.14 bits per heavy atom. The minimum absolute atomic E-state index is 0.844. The summed E-state index contributed by atoms with van der Waals surface area (Å²) < 4.78 is 0. The van der Waals surface area contributed by atoms with Gasteiger partial charge in [-0.2, -0.15) is 0 Å². The second-order valence-corrected chi connectivity index (χ2v) is 5.54. The normalized spacial score (nSPS) is 38.6. The van der Waals surface area contributed by atoms with E-state index in [1.165, 1.54) is 45.1 Å². The van der Waals surface area contributed by atoms with Gasteiger partial charge < -0.3 is 5.32 Å². The Bertz CT molecular complexity index is 174. The van der Waals surface area contributed by atoms with E-state index in [2.05, 4.69) is 19.2 Å². The Morgan fingerprint density at radius 3 is 2.57 bits per heavy atom. The van der Waals surface area contributed by atoms with Gasteiger partial charge in [-0.1, -0.05) is 20.3 Å². The predicted molar refractivity (Wildman–Crippen MR) is 61.3 cm³/mol. The van der Waals surface area contributed by atoms with Crippen LogP contribution in [0.15, 0.2) is 0 Å². The maximum Gasteiger partial charge on any atom is 0.00955 e. The number of hydrogen-bond acceptors (Lipinski definition) is 1. The van der Waals surface area contributed by atoms with Gasteiger partial charge in [-0.05, 0) is 56.4 Å². The van der Waals surface area contributed by atoms with Gasteiger partial charge in [0, 0.05) is 6.04 Å². The summed E-state index contributed by atoms with van der Waals surface area (Å²) >= 11 is 0. The number of rotatable bonds is 4. The van der Waals surface area contributed by atoms with Crippen LogP contribution in [0.1, 0.15) is 52.4 Å². The summed E-state index contributed by atoms with van der Waals surface area (Å²) in [4.78, 5) is 0. The Hall–Kier alpha value is -0.0400. The first-order valence-corrected chi connectivity index (χ1v) is 6.53. The monoisotopic (exact) mass is 195 g/mol. The van der Waals surface area contributed by atoms with Gasteiger partial charge in [0.2, 0.25) is 0 Å². The standard InChI is InChI=1S/C13H25N/c1-3-12-8-10(2)4-7-13(12)14-9-11-5-6-11/h10-14H,3-9H2,1-2H3. The molecule has 1 nitrogen and oxygen atoms in total. The summed E-state index contributed by atoms with van der Waals surface area (Å²) in [6, 6.07) is 0.844. The van der Waals surface area contributed by atoms with E-state index in [0.717, 1.165) is 23.8 Å². The highest BCUT2D eigenvalue weighted by atomic mass is 14.9. The first kappa shape index (κ1) is 10.5. The minimum atomic E-state index is 0.844. The molecule has 14 heavy (non-hydrogen) atoms. The average molecular weight is 195 g/mol. The highest BCUT2D eigenvalue weighted by Gasteiger charge is 2.29. The van der Waals surface area contributed by atoms with Crippen LogP contribution in [-0.2, 0) is 0 Å². The molecule has 0 amide bonds. The fraction of sp³-hybridized carbons (Fsp3) is 1.00. The molecule has 3 atom stereocenters. The molecule has 2 aliphatic rings. The number of hydrogen-bond donors (Lipinski definition) is 1. The van der Waals surface area contributed by atoms with Crippen LogP contribution in [0, 0.1) is 17.8 Å². The third-order valence-corrected chi connectivity index (χ3v) is 4.13. The molecule has 0 radical (unpaired) electrons. The van der Waals surface area contributed by atoms with Gasteiger partial charge in [-0.3, -0.25) is 0 Å². The molecule has 3 unspecified atom stereocenters. The Kier molecular flexibility index (Phi) is 3.48. The fourth-order valence-electron chi connectivity index (χ4n) is 2.86. The molecule has 0 aromatic heterocycles. The second kappa shape index (κ2) is 4.65. The Balaban J connectivity index is 1.76. The van der Waals surface area contributed by atoms with Crippen molar-refractivity contribution in [2.75, 3.05) is 6.54 Å². The van der Waals surface area contributed by atoms with Crippen molar-refractivity contribution < 1.29 is 0 Å². The molecule has 1 heteroatoms. The van der Waals surface area contributed by atoms with E-state index in [9.17, 15) is 0 Å². The molecular formula is C13H25N. The van der Waals surface area contributed by atoms with Crippen LogP contribution in [0.25, 0.3) is 0 Å². The smallest absolute Gasteiger partial charge is 0.00955 e. The van der Waals surface area contributed by atoms with E-state index in [0.29, 0.717) is 0 Å². The summed E-state index contributed by atoms with van der Waals surface area (Å²) in [7, 11) is 0. The molecule has 2 saturated carbocycles. The zero-order valence-corrected chi connectivity index (χ0v) is 9.76. The zero-order chi connectivity index (χ0) is 9.97. The molecule has 0 aromatic rings. The quantitative estimate of drug-likeness (QED) is 0.726. The molecule has 0 aliphatic heterocycles. The van der Waals surface area contributed by atoms with Crippen LogP contribution in [0.4, 0.5) is 0 Å². The van der Waals surface area contributed by atoms with Crippen molar-refractivity contribution in [2.45, 2.75) is 58.4 Å². The molecule has 1 N–H and O–H groups in total. The van der Waals surface area contributed by atoms with E-state index in [4.69, 9.17) is 0 Å². The van der Waals surface area contributed by atoms with Gasteiger partial charge in [0.15, 0.2) is 0 Å². The summed E-state index contributed by atoms with van der Waals surface area (Å²) in [5.41, 5.74) is 0. The molecule has 0 bridgehead atoms. The lowest BCUT2D eigenvalue weighted by molar-refractivity contribution is 0.207. The second-order valence-electron chi connectivity index (χ2n) is 5.54. The molecule has 2 rings (SSSR count). The summed E-state index contributed by atoms with van der Waals surface area (Å²) in [6.45, 7) is 6.07. The van der Waals surface area contributed by atoms with Gasteiger partial charge in [0.1, 0.15) is 0 Å². The van der Waals surface area contributed by atoms with E-state index in [1.807, 2.05) is 0 Å². The van der Waals surface area contributed by atoms with Crippen molar-refractivity contribution in [3.63, 3.8) is 0 Å². The molecule has 82 valence electrons. The largest absolute Gasteiger partial charge is 0.313 e. The topological polar surface area (TPSA) is 12.0 Å². The lowest BCUT2D eigenvalue weighted by atomic mass is 9.77. The van der Waals surface area contributed by atoms with Crippen molar-refractivity contribution in [1.29, 1.82) is 0 Å². The third kappa shape index (κ3) is 2.73. The van der Waals surface area contributed by atoms with Crippen LogP contribution in [0.2, 0.25) is 0 Å². The maximum atomic E-state index is 3.81. The van der Waals surface area contributed by atoms with Crippen molar-refractivity contribution in [2.24, 2.45) is 17.8 Å².